The normalized spacial score (nSPS) is 14.4. The van der Waals surface area contributed by atoms with E-state index in [-0.39, 0.29) is 30.8 Å². The van der Waals surface area contributed by atoms with E-state index in [1.54, 1.807) is 36.4 Å². The van der Waals surface area contributed by atoms with Crippen LogP contribution >= 0.6 is 23.2 Å². The lowest BCUT2D eigenvalue weighted by atomic mass is 10.0. The first-order valence-corrected chi connectivity index (χ1v) is 13.0. The van der Waals surface area contributed by atoms with E-state index in [0.29, 0.717) is 27.6 Å². The highest BCUT2D eigenvalue weighted by molar-refractivity contribution is 6.36. The molecule has 2 amide bonds. The fourth-order valence-electron chi connectivity index (χ4n) is 4.69. The average Bonchev–Trinajstić information content (AvgIpc) is 3.38. The summed E-state index contributed by atoms with van der Waals surface area (Å²) in [5, 5.41) is 3.89. The summed E-state index contributed by atoms with van der Waals surface area (Å²) in [4.78, 5) is 28.9. The number of hydrogen-bond donors (Lipinski definition) is 1. The van der Waals surface area contributed by atoms with Crippen LogP contribution in [0.25, 0.3) is 0 Å². The third-order valence-corrected chi connectivity index (χ3v) is 7.37. The van der Waals surface area contributed by atoms with Crippen molar-refractivity contribution in [2.24, 2.45) is 0 Å². The van der Waals surface area contributed by atoms with Gasteiger partial charge in [0.1, 0.15) is 11.9 Å². The minimum absolute atomic E-state index is 0.0524. The molecule has 0 bridgehead atoms. The zero-order chi connectivity index (χ0) is 25.5. The van der Waals surface area contributed by atoms with Gasteiger partial charge in [-0.2, -0.15) is 0 Å². The summed E-state index contributed by atoms with van der Waals surface area (Å²) in [7, 11) is 0. The number of nitrogens with zero attached hydrogens (tertiary/aromatic N) is 1. The average molecular weight is 527 g/mol. The standard InChI is InChI=1S/C29H29Cl2FN2O2/c30-24-14-8-15-25(31)23(24)18-28(35)34(19-21-11-4-7-16-26(21)32)27(17-20-9-2-1-3-10-20)29(36)33-22-12-5-6-13-22/h1-4,7-11,14-16,22,27H,5-6,12-13,17-19H2,(H,33,36)/t27-/m0/s1. The monoisotopic (exact) mass is 526 g/mol. The molecule has 0 heterocycles. The molecule has 1 atom stereocenters. The van der Waals surface area contributed by atoms with Crippen LogP contribution in [-0.2, 0) is 29.0 Å². The second-order valence-corrected chi connectivity index (χ2v) is 10.00. The topological polar surface area (TPSA) is 49.4 Å². The van der Waals surface area contributed by atoms with Gasteiger partial charge in [-0.05, 0) is 42.2 Å². The SMILES string of the molecule is O=C(NC1CCCC1)[C@H](Cc1ccccc1)N(Cc1ccccc1F)C(=O)Cc1c(Cl)cccc1Cl. The molecule has 3 aromatic carbocycles. The Kier molecular flexibility index (Phi) is 9.00. The molecular formula is C29H29Cl2FN2O2. The zero-order valence-corrected chi connectivity index (χ0v) is 21.4. The van der Waals surface area contributed by atoms with Crippen LogP contribution in [0.1, 0.15) is 42.4 Å². The molecule has 4 rings (SSSR count). The molecule has 0 saturated heterocycles. The van der Waals surface area contributed by atoms with Crippen molar-refractivity contribution < 1.29 is 14.0 Å². The second kappa shape index (κ2) is 12.4. The Morgan fingerprint density at radius 2 is 1.56 bits per heavy atom. The minimum Gasteiger partial charge on any atom is -0.352 e. The van der Waals surface area contributed by atoms with Crippen LogP contribution in [0.3, 0.4) is 0 Å². The highest BCUT2D eigenvalue weighted by atomic mass is 35.5. The molecule has 3 aromatic rings. The van der Waals surface area contributed by atoms with Gasteiger partial charge < -0.3 is 10.2 Å². The Morgan fingerprint density at radius 1 is 0.917 bits per heavy atom. The van der Waals surface area contributed by atoms with Crippen LogP contribution in [0.2, 0.25) is 10.0 Å². The van der Waals surface area contributed by atoms with Crippen molar-refractivity contribution in [2.45, 2.75) is 57.2 Å². The molecule has 36 heavy (non-hydrogen) atoms. The van der Waals surface area contributed by atoms with Gasteiger partial charge in [0, 0.05) is 34.6 Å². The smallest absolute Gasteiger partial charge is 0.243 e. The largest absolute Gasteiger partial charge is 0.352 e. The Hall–Kier alpha value is -2.89. The summed E-state index contributed by atoms with van der Waals surface area (Å²) in [5.74, 6) is -1.02. The van der Waals surface area contributed by atoms with Gasteiger partial charge >= 0.3 is 0 Å². The molecule has 188 valence electrons. The van der Waals surface area contributed by atoms with Gasteiger partial charge in [-0.25, -0.2) is 4.39 Å². The third kappa shape index (κ3) is 6.65. The van der Waals surface area contributed by atoms with Crippen molar-refractivity contribution in [1.29, 1.82) is 0 Å². The number of hydrogen-bond acceptors (Lipinski definition) is 2. The number of carbonyl (C=O) groups excluding carboxylic acids is 2. The van der Waals surface area contributed by atoms with E-state index in [1.165, 1.54) is 11.0 Å². The van der Waals surface area contributed by atoms with Crippen LogP contribution in [-0.4, -0.2) is 28.8 Å². The maximum atomic E-state index is 14.7. The highest BCUT2D eigenvalue weighted by Gasteiger charge is 2.33. The van der Waals surface area contributed by atoms with Gasteiger partial charge in [-0.15, -0.1) is 0 Å². The molecule has 1 saturated carbocycles. The molecule has 1 fully saturated rings. The molecule has 0 unspecified atom stereocenters. The van der Waals surface area contributed by atoms with Crippen molar-refractivity contribution in [3.05, 3.63) is 105 Å². The van der Waals surface area contributed by atoms with Crippen LogP contribution < -0.4 is 5.32 Å². The van der Waals surface area contributed by atoms with Crippen LogP contribution in [0.5, 0.6) is 0 Å². The van der Waals surface area contributed by atoms with Gasteiger partial charge in [-0.3, -0.25) is 9.59 Å². The lowest BCUT2D eigenvalue weighted by Crippen LogP contribution is -2.52. The van der Waals surface area contributed by atoms with Gasteiger partial charge in [0.2, 0.25) is 11.8 Å². The number of amides is 2. The fraction of sp³-hybridized carbons (Fsp3) is 0.310. The number of rotatable bonds is 9. The van der Waals surface area contributed by atoms with Crippen LogP contribution in [0, 0.1) is 5.82 Å². The molecule has 7 heteroatoms. The zero-order valence-electron chi connectivity index (χ0n) is 19.9. The molecule has 0 aromatic heterocycles. The summed E-state index contributed by atoms with van der Waals surface area (Å²) in [6.07, 6.45) is 4.17. The number of halogens is 3. The van der Waals surface area contributed by atoms with Crippen molar-refractivity contribution in [3.63, 3.8) is 0 Å². The number of nitrogens with one attached hydrogen (secondary N) is 1. The molecule has 1 aliphatic carbocycles. The molecular weight excluding hydrogens is 498 g/mol. The summed E-state index contributed by atoms with van der Waals surface area (Å²) >= 11 is 12.7. The number of benzene rings is 3. The van der Waals surface area contributed by atoms with E-state index in [9.17, 15) is 14.0 Å². The van der Waals surface area contributed by atoms with E-state index in [0.717, 1.165) is 31.2 Å². The first kappa shape index (κ1) is 26.2. The summed E-state index contributed by atoms with van der Waals surface area (Å²) in [5.41, 5.74) is 1.73. The van der Waals surface area contributed by atoms with Gasteiger partial charge in [0.15, 0.2) is 0 Å². The quantitative estimate of drug-likeness (QED) is 0.352. The maximum absolute atomic E-state index is 14.7. The molecule has 1 aliphatic rings. The summed E-state index contributed by atoms with van der Waals surface area (Å²) in [6, 6.07) is 20.2. The summed E-state index contributed by atoms with van der Waals surface area (Å²) < 4.78 is 14.7. The van der Waals surface area contributed by atoms with Crippen molar-refractivity contribution in [3.8, 4) is 0 Å². The molecule has 1 N–H and O–H groups in total. The maximum Gasteiger partial charge on any atom is 0.243 e. The molecule has 0 spiro atoms. The molecule has 0 radical (unpaired) electrons. The minimum atomic E-state index is -0.832. The van der Waals surface area contributed by atoms with Crippen molar-refractivity contribution in [2.75, 3.05) is 0 Å². The van der Waals surface area contributed by atoms with Gasteiger partial charge in [0.25, 0.3) is 0 Å². The Labute approximate surface area is 221 Å². The Bertz CT molecular complexity index is 1180. The van der Waals surface area contributed by atoms with E-state index in [1.807, 2.05) is 30.3 Å². The Morgan fingerprint density at radius 3 is 2.22 bits per heavy atom. The second-order valence-electron chi connectivity index (χ2n) is 9.19. The third-order valence-electron chi connectivity index (χ3n) is 6.66. The van der Waals surface area contributed by atoms with Gasteiger partial charge in [0.05, 0.1) is 6.42 Å². The molecule has 0 aliphatic heterocycles. The predicted molar refractivity (Wildman–Crippen MR) is 141 cm³/mol. The number of carbonyl (C=O) groups is 2. The van der Waals surface area contributed by atoms with E-state index in [2.05, 4.69) is 5.32 Å². The van der Waals surface area contributed by atoms with Crippen molar-refractivity contribution in [1.82, 2.24) is 10.2 Å². The van der Waals surface area contributed by atoms with E-state index >= 15 is 0 Å². The fourth-order valence-corrected chi connectivity index (χ4v) is 5.22. The predicted octanol–water partition coefficient (Wildman–Crippen LogP) is 6.37. The lowest BCUT2D eigenvalue weighted by Gasteiger charge is -2.32. The van der Waals surface area contributed by atoms with Crippen LogP contribution in [0.4, 0.5) is 4.39 Å². The van der Waals surface area contributed by atoms with Gasteiger partial charge in [-0.1, -0.05) is 90.6 Å². The summed E-state index contributed by atoms with van der Waals surface area (Å²) in [6.45, 7) is -0.0524. The Balaban J connectivity index is 1.70. The van der Waals surface area contributed by atoms with E-state index in [4.69, 9.17) is 23.2 Å². The molecule has 4 nitrogen and oxygen atoms in total. The lowest BCUT2D eigenvalue weighted by molar-refractivity contribution is -0.141. The van der Waals surface area contributed by atoms with Crippen molar-refractivity contribution >= 4 is 35.0 Å². The van der Waals surface area contributed by atoms with Crippen LogP contribution in [0.15, 0.2) is 72.8 Å². The first-order chi connectivity index (χ1) is 17.4. The highest BCUT2D eigenvalue weighted by Crippen LogP contribution is 2.27. The van der Waals surface area contributed by atoms with E-state index < -0.39 is 11.9 Å². The first-order valence-electron chi connectivity index (χ1n) is 12.2.